The number of ether oxygens (including phenoxy) is 1. The number of likely N-dealkylation sites (N-methyl/N-ethyl adjacent to an activating group) is 1. The van der Waals surface area contributed by atoms with Gasteiger partial charge in [-0.1, -0.05) is 49.4 Å². The highest BCUT2D eigenvalue weighted by Gasteiger charge is 2.28. The molecule has 0 aliphatic heterocycles. The standard InChI is InChI=1S/C23H26N6O4S2/c1-15(2)21(22(30)28(3)12-16-7-5-4-6-8-16)29-13-17(26-27-29)14-33-18-9-10-19-20(11-18)34-23(25-19)35(24,31)32/h4-11,13,15,21H,12,14H2,1-3H3,(H2,24,31,32). The molecule has 4 aromatic rings. The molecule has 1 amide bonds. The second-order valence-corrected chi connectivity index (χ2v) is 11.3. The molecule has 35 heavy (non-hydrogen) atoms. The average Bonchev–Trinajstić information content (AvgIpc) is 3.45. The van der Waals surface area contributed by atoms with E-state index in [-0.39, 0.29) is 22.8 Å². The monoisotopic (exact) mass is 514 g/mol. The van der Waals surface area contributed by atoms with Gasteiger partial charge in [-0.3, -0.25) is 4.79 Å². The van der Waals surface area contributed by atoms with Gasteiger partial charge in [0.2, 0.25) is 10.2 Å². The molecular weight excluding hydrogens is 488 g/mol. The molecule has 0 aliphatic rings. The van der Waals surface area contributed by atoms with Crippen LogP contribution in [0.15, 0.2) is 59.1 Å². The molecule has 0 radical (unpaired) electrons. The van der Waals surface area contributed by atoms with E-state index in [4.69, 9.17) is 9.88 Å². The van der Waals surface area contributed by atoms with Crippen molar-refractivity contribution in [1.29, 1.82) is 0 Å². The fraction of sp³-hybridized carbons (Fsp3) is 0.304. The molecule has 0 bridgehead atoms. The summed E-state index contributed by atoms with van der Waals surface area (Å²) in [6.07, 6.45) is 1.71. The van der Waals surface area contributed by atoms with Crippen LogP contribution in [-0.2, 0) is 28.0 Å². The predicted octanol–water partition coefficient (Wildman–Crippen LogP) is 2.97. The van der Waals surface area contributed by atoms with Crippen molar-refractivity contribution >= 4 is 37.5 Å². The van der Waals surface area contributed by atoms with E-state index in [1.54, 1.807) is 41.0 Å². The molecule has 2 aromatic carbocycles. The van der Waals surface area contributed by atoms with Gasteiger partial charge in [-0.25, -0.2) is 23.2 Å². The minimum atomic E-state index is -3.86. The SMILES string of the molecule is CC(C)C(C(=O)N(C)Cc1ccccc1)n1cc(COc2ccc3nc(S(N)(=O)=O)sc3c2)nn1. The van der Waals surface area contributed by atoms with Crippen molar-refractivity contribution in [2.75, 3.05) is 7.05 Å². The van der Waals surface area contributed by atoms with Crippen molar-refractivity contribution in [2.45, 2.75) is 37.4 Å². The molecule has 2 heterocycles. The first-order chi connectivity index (χ1) is 16.6. The third-order valence-corrected chi connectivity index (χ3v) is 7.67. The first-order valence-corrected chi connectivity index (χ1v) is 13.2. The number of carbonyl (C=O) groups is 1. The lowest BCUT2D eigenvalue weighted by atomic mass is 10.0. The first kappa shape index (κ1) is 24.8. The Bertz CT molecular complexity index is 1430. The van der Waals surface area contributed by atoms with Crippen molar-refractivity contribution < 1.29 is 17.9 Å². The number of primary sulfonamides is 1. The number of amides is 1. The quantitative estimate of drug-likeness (QED) is 0.363. The Morgan fingerprint density at radius 1 is 1.20 bits per heavy atom. The minimum absolute atomic E-state index is 0.00190. The van der Waals surface area contributed by atoms with Crippen LogP contribution in [0.5, 0.6) is 5.75 Å². The number of benzene rings is 2. The van der Waals surface area contributed by atoms with E-state index in [2.05, 4.69) is 15.3 Å². The van der Waals surface area contributed by atoms with Gasteiger partial charge in [0.05, 0.1) is 16.4 Å². The van der Waals surface area contributed by atoms with Gasteiger partial charge in [0.15, 0.2) is 0 Å². The van der Waals surface area contributed by atoms with Crippen LogP contribution in [0.1, 0.15) is 31.1 Å². The Balaban J connectivity index is 1.44. The van der Waals surface area contributed by atoms with Gasteiger partial charge >= 0.3 is 0 Å². The Hall–Kier alpha value is -3.35. The molecular formula is C23H26N6O4S2. The molecule has 4 rings (SSSR count). The maximum absolute atomic E-state index is 13.2. The smallest absolute Gasteiger partial charge is 0.265 e. The van der Waals surface area contributed by atoms with Gasteiger partial charge in [0.1, 0.15) is 24.1 Å². The van der Waals surface area contributed by atoms with Gasteiger partial charge < -0.3 is 9.64 Å². The highest BCUT2D eigenvalue weighted by Crippen LogP contribution is 2.28. The van der Waals surface area contributed by atoms with Gasteiger partial charge in [-0.15, -0.1) is 16.4 Å². The number of aromatic nitrogens is 4. The molecule has 0 spiro atoms. The van der Waals surface area contributed by atoms with Gasteiger partial charge in [-0.05, 0) is 29.7 Å². The highest BCUT2D eigenvalue weighted by atomic mass is 32.2. The Morgan fingerprint density at radius 3 is 2.63 bits per heavy atom. The molecule has 184 valence electrons. The second kappa shape index (κ2) is 10.1. The number of hydrogen-bond acceptors (Lipinski definition) is 8. The van der Waals surface area contributed by atoms with Crippen LogP contribution < -0.4 is 9.88 Å². The zero-order chi connectivity index (χ0) is 25.2. The molecule has 2 aromatic heterocycles. The molecule has 0 saturated heterocycles. The summed E-state index contributed by atoms with van der Waals surface area (Å²) in [5.41, 5.74) is 2.13. The number of nitrogens with zero attached hydrogens (tertiary/aromatic N) is 5. The highest BCUT2D eigenvalue weighted by molar-refractivity contribution is 7.91. The summed E-state index contributed by atoms with van der Waals surface area (Å²) >= 11 is 0.979. The molecule has 10 nitrogen and oxygen atoms in total. The second-order valence-electron chi connectivity index (χ2n) is 8.50. The number of carbonyl (C=O) groups excluding carboxylic acids is 1. The van der Waals surface area contributed by atoms with Crippen LogP contribution in [0.4, 0.5) is 0 Å². The molecule has 0 saturated carbocycles. The number of sulfonamides is 1. The van der Waals surface area contributed by atoms with Gasteiger partial charge in [0.25, 0.3) is 10.0 Å². The van der Waals surface area contributed by atoms with E-state index in [9.17, 15) is 13.2 Å². The van der Waals surface area contributed by atoms with Crippen LogP contribution >= 0.6 is 11.3 Å². The van der Waals surface area contributed by atoms with Crippen molar-refractivity contribution in [2.24, 2.45) is 11.1 Å². The van der Waals surface area contributed by atoms with Crippen LogP contribution in [0.3, 0.4) is 0 Å². The summed E-state index contributed by atoms with van der Waals surface area (Å²) in [6, 6.07) is 14.4. The predicted molar refractivity (Wildman–Crippen MR) is 132 cm³/mol. The van der Waals surface area contributed by atoms with Crippen molar-refractivity contribution in [1.82, 2.24) is 24.9 Å². The molecule has 0 aliphatic carbocycles. The minimum Gasteiger partial charge on any atom is -0.487 e. The summed E-state index contributed by atoms with van der Waals surface area (Å²) in [6.45, 7) is 4.57. The third-order valence-electron chi connectivity index (χ3n) is 5.34. The van der Waals surface area contributed by atoms with Crippen LogP contribution in [-0.4, -0.2) is 46.3 Å². The van der Waals surface area contributed by atoms with Crippen molar-refractivity contribution in [3.05, 3.63) is 66.0 Å². The van der Waals surface area contributed by atoms with E-state index < -0.39 is 16.1 Å². The molecule has 2 N–H and O–H groups in total. The van der Waals surface area contributed by atoms with E-state index in [0.29, 0.717) is 28.2 Å². The molecule has 12 heteroatoms. The zero-order valence-electron chi connectivity index (χ0n) is 19.5. The number of rotatable bonds is 9. The topological polar surface area (TPSA) is 133 Å². The normalized spacial score (nSPS) is 12.7. The van der Waals surface area contributed by atoms with Crippen LogP contribution in [0, 0.1) is 5.92 Å². The number of fused-ring (bicyclic) bond motifs is 1. The molecule has 0 fully saturated rings. The average molecular weight is 515 g/mol. The summed E-state index contributed by atoms with van der Waals surface area (Å²) in [7, 11) is -2.08. The summed E-state index contributed by atoms with van der Waals surface area (Å²) in [5, 5.41) is 13.5. The fourth-order valence-corrected chi connectivity index (χ4v) is 5.32. The van der Waals surface area contributed by atoms with E-state index >= 15 is 0 Å². The maximum atomic E-state index is 13.2. The van der Waals surface area contributed by atoms with Gasteiger partial charge in [0, 0.05) is 13.6 Å². The van der Waals surface area contributed by atoms with Crippen LogP contribution in [0.2, 0.25) is 0 Å². The van der Waals surface area contributed by atoms with E-state index in [1.807, 2.05) is 44.2 Å². The van der Waals surface area contributed by atoms with Gasteiger partial charge in [-0.2, -0.15) is 0 Å². The van der Waals surface area contributed by atoms with Crippen molar-refractivity contribution in [3.8, 4) is 5.75 Å². The number of thiazole rings is 1. The Morgan fingerprint density at radius 2 is 1.94 bits per heavy atom. The number of nitrogens with two attached hydrogens (primary N) is 1. The first-order valence-electron chi connectivity index (χ1n) is 10.9. The maximum Gasteiger partial charge on any atom is 0.265 e. The zero-order valence-corrected chi connectivity index (χ0v) is 21.2. The summed E-state index contributed by atoms with van der Waals surface area (Å²) in [4.78, 5) is 18.9. The fourth-order valence-electron chi connectivity index (χ4n) is 3.63. The third kappa shape index (κ3) is 5.84. The number of hydrogen-bond donors (Lipinski definition) is 1. The Labute approximate surface area is 207 Å². The molecule has 1 atom stereocenters. The van der Waals surface area contributed by atoms with Crippen LogP contribution in [0.25, 0.3) is 10.2 Å². The Kier molecular flexibility index (Phi) is 7.15. The summed E-state index contributed by atoms with van der Waals surface area (Å²) in [5.74, 6) is 0.469. The lowest BCUT2D eigenvalue weighted by Gasteiger charge is -2.26. The van der Waals surface area contributed by atoms with Crippen molar-refractivity contribution in [3.63, 3.8) is 0 Å². The lowest BCUT2D eigenvalue weighted by molar-refractivity contribution is -0.135. The lowest BCUT2D eigenvalue weighted by Crippen LogP contribution is -2.37. The molecule has 1 unspecified atom stereocenters. The van der Waals surface area contributed by atoms with E-state index in [0.717, 1.165) is 16.9 Å². The van der Waals surface area contributed by atoms with E-state index in [1.165, 1.54) is 0 Å². The summed E-state index contributed by atoms with van der Waals surface area (Å²) < 4.78 is 31.0. The largest absolute Gasteiger partial charge is 0.487 e.